The molecule has 0 atom stereocenters. The Bertz CT molecular complexity index is 432. The maximum atomic E-state index is 3.06. The zero-order valence-corrected chi connectivity index (χ0v) is 19.8. The first kappa shape index (κ1) is 29.2. The predicted molar refractivity (Wildman–Crippen MR) is 95.9 cm³/mol. The van der Waals surface area contributed by atoms with Gasteiger partial charge in [-0.2, -0.15) is 46.5 Å². The van der Waals surface area contributed by atoms with E-state index in [2.05, 4.69) is 43.3 Å². The number of fused-ring (bicyclic) bond motifs is 2. The van der Waals surface area contributed by atoms with Crippen LogP contribution in [0, 0.1) is 14.9 Å². The van der Waals surface area contributed by atoms with Crippen LogP contribution in [0.15, 0.2) is 36.4 Å². The van der Waals surface area contributed by atoms with Crippen LogP contribution in [-0.2, 0) is 49.0 Å². The second-order valence-corrected chi connectivity index (χ2v) is 5.57. The van der Waals surface area contributed by atoms with Crippen LogP contribution in [0.2, 0.25) is 0 Å². The summed E-state index contributed by atoms with van der Waals surface area (Å²) < 4.78 is 0. The molecule has 2 aromatic carbocycles. The normalized spacial score (nSPS) is 13.1. The number of halogens is 2. The van der Waals surface area contributed by atoms with Gasteiger partial charge in [0.05, 0.1) is 0 Å². The molecule has 0 unspecified atom stereocenters. The summed E-state index contributed by atoms with van der Waals surface area (Å²) in [5, 5.41) is 0. The van der Waals surface area contributed by atoms with Crippen LogP contribution in [0.1, 0.15) is 47.9 Å². The fourth-order valence-electron chi connectivity index (χ4n) is 3.23. The van der Waals surface area contributed by atoms with Crippen molar-refractivity contribution in [3.63, 3.8) is 0 Å². The van der Waals surface area contributed by atoms with Gasteiger partial charge >= 0.3 is 30.2 Å². The molecule has 2 aliphatic rings. The molecular formula is C20H28Cl2SiZr-6. The molecule has 0 saturated carbocycles. The molecule has 136 valence electrons. The first-order valence-corrected chi connectivity index (χ1v) is 11.8. The number of hydrogen-bond acceptors (Lipinski definition) is 0. The van der Waals surface area contributed by atoms with Gasteiger partial charge in [0, 0.05) is 0 Å². The van der Waals surface area contributed by atoms with Gasteiger partial charge in [0.25, 0.3) is 0 Å². The van der Waals surface area contributed by atoms with Crippen LogP contribution in [0.4, 0.5) is 0 Å². The molecule has 0 heterocycles. The Morgan fingerprint density at radius 1 is 0.667 bits per heavy atom. The molecule has 0 N–H and O–H groups in total. The first-order chi connectivity index (χ1) is 9.93. The Hall–Kier alpha value is 0.380. The van der Waals surface area contributed by atoms with Gasteiger partial charge in [-0.3, -0.25) is 0 Å². The summed E-state index contributed by atoms with van der Waals surface area (Å²) in [6.07, 6.45) is 10.9. The van der Waals surface area contributed by atoms with Crippen LogP contribution in [0.3, 0.4) is 0 Å². The van der Waals surface area contributed by atoms with Gasteiger partial charge in [-0.1, -0.05) is 51.4 Å². The van der Waals surface area contributed by atoms with Gasteiger partial charge in [0.2, 0.25) is 0 Å². The van der Waals surface area contributed by atoms with Crippen molar-refractivity contribution in [1.29, 1.82) is 0 Å². The molecule has 0 spiro atoms. The van der Waals surface area contributed by atoms with Crippen LogP contribution < -0.4 is 24.8 Å². The van der Waals surface area contributed by atoms with Crippen molar-refractivity contribution in [2.45, 2.75) is 51.4 Å². The van der Waals surface area contributed by atoms with Gasteiger partial charge in [0.15, 0.2) is 0 Å². The van der Waals surface area contributed by atoms with E-state index in [-0.39, 0.29) is 39.7 Å². The van der Waals surface area contributed by atoms with Crippen molar-refractivity contribution < 1.29 is 48.1 Å². The van der Waals surface area contributed by atoms with E-state index in [1.165, 1.54) is 74.7 Å². The molecule has 24 heavy (non-hydrogen) atoms. The van der Waals surface area contributed by atoms with Gasteiger partial charge < -0.3 is 39.7 Å². The Kier molecular flexibility index (Phi) is 20.4. The Morgan fingerprint density at radius 3 is 1.33 bits per heavy atom. The minimum Gasteiger partial charge on any atom is -0.210 e. The Balaban J connectivity index is -0.000000290. The molecule has 2 aliphatic carbocycles. The molecule has 4 rings (SSSR count). The third-order valence-corrected chi connectivity index (χ3v) is 4.30. The maximum absolute atomic E-state index is 3.06. The van der Waals surface area contributed by atoms with E-state index < -0.39 is 0 Å². The Labute approximate surface area is 178 Å². The number of hydrogen-bond donors (Lipinski definition) is 0. The summed E-state index contributed by atoms with van der Waals surface area (Å²) >= 11 is 1.36. The van der Waals surface area contributed by atoms with Crippen molar-refractivity contribution >= 4 is 6.88 Å². The molecule has 0 aliphatic heterocycles. The summed E-state index contributed by atoms with van der Waals surface area (Å²) in [5.41, 5.74) is 6.39. The zero-order valence-electron chi connectivity index (χ0n) is 14.9. The van der Waals surface area contributed by atoms with E-state index in [0.717, 1.165) is 0 Å². The van der Waals surface area contributed by atoms with Crippen molar-refractivity contribution in [2.75, 3.05) is 0 Å². The van der Waals surface area contributed by atoms with Gasteiger partial charge in [-0.05, 0) is 0 Å². The van der Waals surface area contributed by atoms with E-state index in [9.17, 15) is 0 Å². The topological polar surface area (TPSA) is 0 Å². The summed E-state index contributed by atoms with van der Waals surface area (Å²) in [6.45, 7) is 3.06. The van der Waals surface area contributed by atoms with Crippen LogP contribution in [-0.4, -0.2) is 6.88 Å². The standard InChI is InChI=1S/2C9H11.2CH3.2ClH.Si.Zr/c2*1-2-5-9-7-3-6-8(9)4-1;;;;;;/h2*3,6-7H,1-2,4-5H2;2*1H3;2*1H;;/q4*-1;;;;/p-2. The third-order valence-electron chi connectivity index (χ3n) is 4.30. The maximum Gasteiger partial charge on any atom is -0.0512 e. The van der Waals surface area contributed by atoms with Crippen molar-refractivity contribution in [3.05, 3.63) is 73.5 Å². The molecular weight excluding hydrogens is 430 g/mol. The number of rotatable bonds is 0. The summed E-state index contributed by atoms with van der Waals surface area (Å²) in [4.78, 5) is 0. The second kappa shape index (κ2) is 16.8. The van der Waals surface area contributed by atoms with E-state index in [1.807, 2.05) is 0 Å². The summed E-state index contributed by atoms with van der Waals surface area (Å²) in [7, 11) is 0. The smallest absolute Gasteiger partial charge is 0.0512 e. The monoisotopic (exact) mass is 456 g/mol. The van der Waals surface area contributed by atoms with Gasteiger partial charge in [-0.25, -0.2) is 12.1 Å². The minimum atomic E-state index is 0. The van der Waals surface area contributed by atoms with E-state index >= 15 is 0 Å². The molecule has 2 aromatic rings. The first-order valence-electron chi connectivity index (χ1n) is 7.65. The van der Waals surface area contributed by atoms with Crippen LogP contribution in [0.5, 0.6) is 0 Å². The fraction of sp³-hybridized carbons (Fsp3) is 0.400. The average Bonchev–Trinajstić information content (AvgIpc) is 3.18. The quantitative estimate of drug-likeness (QED) is 0.355. The summed E-state index contributed by atoms with van der Waals surface area (Å²) in [6, 6.07) is 13.4. The SMILES string of the molecule is [CH3-].[CH3-].[Cl-].[Cl-].[Si]=[Zr].c1cc2c([cH-]1)CCCC2.c1cc2c([cH-]1)CCCC2. The van der Waals surface area contributed by atoms with E-state index in [4.69, 9.17) is 0 Å². The van der Waals surface area contributed by atoms with E-state index in [0.29, 0.717) is 0 Å². The molecule has 0 aromatic heterocycles. The number of aryl methyl sites for hydroxylation is 4. The third kappa shape index (κ3) is 8.65. The second-order valence-electron chi connectivity index (χ2n) is 5.57. The van der Waals surface area contributed by atoms with Gasteiger partial charge in [0.1, 0.15) is 0 Å². The van der Waals surface area contributed by atoms with Crippen LogP contribution in [0.25, 0.3) is 0 Å². The minimum absolute atomic E-state index is 0. The average molecular weight is 459 g/mol. The molecule has 0 nitrogen and oxygen atoms in total. The summed E-state index contributed by atoms with van der Waals surface area (Å²) in [5.74, 6) is 0. The predicted octanol–water partition coefficient (Wildman–Crippen LogP) is -0.906. The largest absolute Gasteiger partial charge is 0.210 e. The van der Waals surface area contributed by atoms with Gasteiger partial charge in [-0.15, -0.1) is 0 Å². The molecule has 0 bridgehead atoms. The molecule has 0 fully saturated rings. The molecule has 4 heteroatoms. The van der Waals surface area contributed by atoms with Crippen molar-refractivity contribution in [2.24, 2.45) is 0 Å². The zero-order chi connectivity index (χ0) is 14.2. The Morgan fingerprint density at radius 2 is 1.00 bits per heavy atom. The molecule has 0 saturated heterocycles. The van der Waals surface area contributed by atoms with Crippen molar-refractivity contribution in [3.8, 4) is 0 Å². The molecule has 2 radical (unpaired) electrons. The van der Waals surface area contributed by atoms with Crippen LogP contribution >= 0.6 is 0 Å². The van der Waals surface area contributed by atoms with Crippen molar-refractivity contribution in [1.82, 2.24) is 0 Å². The van der Waals surface area contributed by atoms with E-state index in [1.54, 1.807) is 22.3 Å². The fourth-order valence-corrected chi connectivity index (χ4v) is 3.23. The molecule has 0 amide bonds.